The van der Waals surface area contributed by atoms with Crippen molar-refractivity contribution in [3.63, 3.8) is 0 Å². The molecule has 0 radical (unpaired) electrons. The molecule has 0 aliphatic rings. The first kappa shape index (κ1) is 10.5. The van der Waals surface area contributed by atoms with Gasteiger partial charge in [0.2, 0.25) is 5.95 Å². The fourth-order valence-electron chi connectivity index (χ4n) is 1.02. The summed E-state index contributed by atoms with van der Waals surface area (Å²) in [7, 11) is 0. The molecule has 4 N–H and O–H groups in total. The Morgan fingerprint density at radius 2 is 1.80 bits per heavy atom. The smallest absolute Gasteiger partial charge is 0.223 e. The first-order chi connectivity index (χ1) is 7.17. The predicted octanol–water partition coefficient (Wildman–Crippen LogP) is -0.505. The number of hydrogen-bond acceptors (Lipinski definition) is 7. The van der Waals surface area contributed by atoms with Gasteiger partial charge in [0, 0.05) is 6.07 Å². The third-order valence-corrected chi connectivity index (χ3v) is 1.60. The van der Waals surface area contributed by atoms with Crippen LogP contribution in [0.2, 0.25) is 0 Å². The summed E-state index contributed by atoms with van der Waals surface area (Å²) < 4.78 is 0. The van der Waals surface area contributed by atoms with E-state index in [0.717, 1.165) is 0 Å². The maximum atomic E-state index is 8.56. The van der Waals surface area contributed by atoms with Crippen molar-refractivity contribution in [1.29, 1.82) is 10.5 Å². The molecule has 0 aliphatic carbocycles. The first-order valence-corrected chi connectivity index (χ1v) is 4.06. The highest BCUT2D eigenvalue weighted by Gasteiger charge is 2.08. The molecule has 7 nitrogen and oxygen atoms in total. The Morgan fingerprint density at radius 3 is 2.27 bits per heavy atom. The van der Waals surface area contributed by atoms with Gasteiger partial charge in [-0.2, -0.15) is 20.5 Å². The normalized spacial score (nSPS) is 8.93. The van der Waals surface area contributed by atoms with Crippen LogP contribution in [0.3, 0.4) is 0 Å². The second kappa shape index (κ2) is 4.63. The van der Waals surface area contributed by atoms with Crippen molar-refractivity contribution in [3.8, 4) is 12.1 Å². The zero-order valence-electron chi connectivity index (χ0n) is 7.88. The molecule has 0 aliphatic heterocycles. The third kappa shape index (κ3) is 2.71. The molecular formula is C8H9N7. The molecule has 0 saturated carbocycles. The van der Waals surface area contributed by atoms with Gasteiger partial charge in [0.05, 0.1) is 12.1 Å². The number of hydrogen-bond donors (Lipinski definition) is 2. The van der Waals surface area contributed by atoms with E-state index in [0.29, 0.717) is 5.82 Å². The summed E-state index contributed by atoms with van der Waals surface area (Å²) in [6.07, 6.45) is 0. The highest BCUT2D eigenvalue weighted by Crippen LogP contribution is 2.14. The van der Waals surface area contributed by atoms with Crippen LogP contribution in [0.4, 0.5) is 17.6 Å². The number of nitrogens with zero attached hydrogens (tertiary/aromatic N) is 5. The molecule has 1 aromatic heterocycles. The summed E-state index contributed by atoms with van der Waals surface area (Å²) >= 11 is 0. The van der Waals surface area contributed by atoms with Crippen molar-refractivity contribution in [2.24, 2.45) is 0 Å². The number of nitrogens with two attached hydrogens (primary N) is 2. The Morgan fingerprint density at radius 1 is 1.20 bits per heavy atom. The van der Waals surface area contributed by atoms with Gasteiger partial charge in [-0.15, -0.1) is 0 Å². The van der Waals surface area contributed by atoms with Gasteiger partial charge in [-0.05, 0) is 0 Å². The fraction of sp³-hybridized carbons (Fsp3) is 0.250. The number of rotatable bonds is 3. The second-order valence-corrected chi connectivity index (χ2v) is 2.68. The molecule has 7 heteroatoms. The molecule has 0 aromatic carbocycles. The Kier molecular flexibility index (Phi) is 3.25. The third-order valence-electron chi connectivity index (χ3n) is 1.60. The Bertz CT molecular complexity index is 391. The maximum absolute atomic E-state index is 8.56. The first-order valence-electron chi connectivity index (χ1n) is 4.06. The standard InChI is InChI=1S/C8H9N7/c9-1-3-15(4-2-10)7-5-6(11)13-8(12)14-7/h5H,3-4H2,(H4,11,12,13,14). The van der Waals surface area contributed by atoms with Crippen LogP contribution >= 0.6 is 0 Å². The molecule has 76 valence electrons. The van der Waals surface area contributed by atoms with E-state index in [2.05, 4.69) is 9.97 Å². The van der Waals surface area contributed by atoms with Crippen molar-refractivity contribution in [2.45, 2.75) is 0 Å². The number of nitriles is 2. The summed E-state index contributed by atoms with van der Waals surface area (Å²) in [6, 6.07) is 5.31. The van der Waals surface area contributed by atoms with Crippen LogP contribution in [0, 0.1) is 22.7 Å². The van der Waals surface area contributed by atoms with E-state index < -0.39 is 0 Å². The van der Waals surface area contributed by atoms with Crippen molar-refractivity contribution >= 4 is 17.6 Å². The van der Waals surface area contributed by atoms with Crippen LogP contribution in [-0.4, -0.2) is 23.1 Å². The average Bonchev–Trinajstić information content (AvgIpc) is 2.16. The van der Waals surface area contributed by atoms with E-state index in [1.54, 1.807) is 0 Å². The summed E-state index contributed by atoms with van der Waals surface area (Å²) in [5.74, 6) is 0.604. The summed E-state index contributed by atoms with van der Waals surface area (Å²) in [4.78, 5) is 9.02. The maximum Gasteiger partial charge on any atom is 0.223 e. The van der Waals surface area contributed by atoms with Crippen LogP contribution in [0.25, 0.3) is 0 Å². The SMILES string of the molecule is N#CCN(CC#N)c1cc(N)nc(N)n1. The lowest BCUT2D eigenvalue weighted by molar-refractivity contribution is 0.931. The van der Waals surface area contributed by atoms with E-state index in [1.165, 1.54) is 11.0 Å². The van der Waals surface area contributed by atoms with Crippen LogP contribution in [0.15, 0.2) is 6.07 Å². The Balaban J connectivity index is 3.01. The van der Waals surface area contributed by atoms with Gasteiger partial charge in [-0.3, -0.25) is 0 Å². The van der Waals surface area contributed by atoms with E-state index in [4.69, 9.17) is 22.0 Å². The minimum atomic E-state index is 0.0193. The molecule has 15 heavy (non-hydrogen) atoms. The van der Waals surface area contributed by atoms with Gasteiger partial charge < -0.3 is 16.4 Å². The molecule has 0 fully saturated rings. The van der Waals surface area contributed by atoms with Crippen molar-refractivity contribution in [3.05, 3.63) is 6.07 Å². The van der Waals surface area contributed by atoms with E-state index in [1.807, 2.05) is 12.1 Å². The summed E-state index contributed by atoms with van der Waals surface area (Å²) in [5.41, 5.74) is 10.9. The van der Waals surface area contributed by atoms with Gasteiger partial charge in [0.25, 0.3) is 0 Å². The molecule has 0 unspecified atom stereocenters. The van der Waals surface area contributed by atoms with Gasteiger partial charge in [-0.1, -0.05) is 0 Å². The van der Waals surface area contributed by atoms with Crippen molar-refractivity contribution < 1.29 is 0 Å². The molecule has 0 saturated heterocycles. The number of nitrogen functional groups attached to an aromatic ring is 2. The van der Waals surface area contributed by atoms with Crippen LogP contribution in [0.5, 0.6) is 0 Å². The molecule has 1 aromatic rings. The van der Waals surface area contributed by atoms with Crippen LogP contribution < -0.4 is 16.4 Å². The summed E-state index contributed by atoms with van der Waals surface area (Å²) in [5, 5.41) is 17.1. The zero-order valence-corrected chi connectivity index (χ0v) is 7.88. The molecule has 1 heterocycles. The number of anilines is 3. The average molecular weight is 203 g/mol. The zero-order chi connectivity index (χ0) is 11.3. The van der Waals surface area contributed by atoms with Gasteiger partial charge in [0.15, 0.2) is 0 Å². The molecule has 1 rings (SSSR count). The van der Waals surface area contributed by atoms with Gasteiger partial charge in [0.1, 0.15) is 24.7 Å². The second-order valence-electron chi connectivity index (χ2n) is 2.68. The molecule has 0 bridgehead atoms. The van der Waals surface area contributed by atoms with E-state index in [-0.39, 0.29) is 24.9 Å². The highest BCUT2D eigenvalue weighted by molar-refractivity contribution is 5.51. The minimum absolute atomic E-state index is 0.0193. The summed E-state index contributed by atoms with van der Waals surface area (Å²) in [6.45, 7) is 0.0902. The topological polar surface area (TPSA) is 129 Å². The predicted molar refractivity (Wildman–Crippen MR) is 54.3 cm³/mol. The van der Waals surface area contributed by atoms with Gasteiger partial charge >= 0.3 is 0 Å². The molecule has 0 spiro atoms. The molecular weight excluding hydrogens is 194 g/mol. The fourth-order valence-corrected chi connectivity index (χ4v) is 1.02. The lowest BCUT2D eigenvalue weighted by Gasteiger charge is -2.16. The van der Waals surface area contributed by atoms with E-state index >= 15 is 0 Å². The number of aromatic nitrogens is 2. The Hall–Kier alpha value is -2.54. The van der Waals surface area contributed by atoms with E-state index in [9.17, 15) is 0 Å². The Labute approximate surface area is 86.6 Å². The quantitative estimate of drug-likeness (QED) is 0.633. The van der Waals surface area contributed by atoms with Crippen LogP contribution in [-0.2, 0) is 0 Å². The molecule has 0 amide bonds. The molecule has 0 atom stereocenters. The van der Waals surface area contributed by atoms with Crippen molar-refractivity contribution in [2.75, 3.05) is 29.5 Å². The lowest BCUT2D eigenvalue weighted by Crippen LogP contribution is -2.25. The van der Waals surface area contributed by atoms with Gasteiger partial charge in [-0.25, -0.2) is 0 Å². The highest BCUT2D eigenvalue weighted by atomic mass is 15.2. The minimum Gasteiger partial charge on any atom is -0.383 e. The van der Waals surface area contributed by atoms with Crippen LogP contribution in [0.1, 0.15) is 0 Å². The largest absolute Gasteiger partial charge is 0.383 e. The lowest BCUT2D eigenvalue weighted by atomic mass is 10.4. The monoisotopic (exact) mass is 203 g/mol. The van der Waals surface area contributed by atoms with Crippen molar-refractivity contribution in [1.82, 2.24) is 9.97 Å².